The molecular weight excluding hydrogens is 334 g/mol. The van der Waals surface area contributed by atoms with Crippen LogP contribution in [-0.4, -0.2) is 22.0 Å². The molecule has 0 bridgehead atoms. The van der Waals surface area contributed by atoms with Crippen LogP contribution < -0.4 is 5.32 Å². The topological polar surface area (TPSA) is 29.1 Å². The lowest BCUT2D eigenvalue weighted by Gasteiger charge is -2.29. The van der Waals surface area contributed by atoms with Gasteiger partial charge in [0, 0.05) is 15.4 Å². The lowest BCUT2D eigenvalue weighted by Crippen LogP contribution is -2.42. The van der Waals surface area contributed by atoms with Crippen LogP contribution in [0.15, 0.2) is 33.6 Å². The van der Waals surface area contributed by atoms with E-state index in [0.717, 1.165) is 28.8 Å². The highest BCUT2D eigenvalue weighted by molar-refractivity contribution is 9.10. The molecule has 0 aromatic heterocycles. The molecule has 1 aliphatic carbocycles. The van der Waals surface area contributed by atoms with Crippen molar-refractivity contribution in [3.8, 4) is 0 Å². The highest BCUT2D eigenvalue weighted by Gasteiger charge is 2.28. The third kappa shape index (κ3) is 4.40. The molecule has 112 valence electrons. The first-order chi connectivity index (χ1) is 9.72. The Morgan fingerprint density at radius 1 is 1.15 bits per heavy atom. The standard InChI is InChI=1S/C16H24BrNOS/c1-2-18-15-7-5-3-4-6-8-16(15)20(19)14-11-9-13(17)10-12-14/h9-12,15-16,18H,2-8H2,1H3. The number of halogens is 1. The van der Waals surface area contributed by atoms with Gasteiger partial charge in [0.15, 0.2) is 0 Å². The normalized spacial score (nSPS) is 25.7. The van der Waals surface area contributed by atoms with Gasteiger partial charge in [0.25, 0.3) is 0 Å². The fourth-order valence-corrected chi connectivity index (χ4v) is 4.88. The third-order valence-corrected chi connectivity index (χ3v) is 6.37. The van der Waals surface area contributed by atoms with Crippen LogP contribution in [-0.2, 0) is 10.8 Å². The molecule has 0 saturated heterocycles. The van der Waals surface area contributed by atoms with Gasteiger partial charge in [-0.3, -0.25) is 4.21 Å². The molecule has 1 N–H and O–H groups in total. The van der Waals surface area contributed by atoms with Crippen molar-refractivity contribution >= 4 is 26.7 Å². The fraction of sp³-hybridized carbons (Fsp3) is 0.625. The largest absolute Gasteiger partial charge is 0.313 e. The zero-order valence-electron chi connectivity index (χ0n) is 12.1. The van der Waals surface area contributed by atoms with Gasteiger partial charge >= 0.3 is 0 Å². The van der Waals surface area contributed by atoms with Crippen LogP contribution in [0.25, 0.3) is 0 Å². The van der Waals surface area contributed by atoms with E-state index in [2.05, 4.69) is 28.2 Å². The summed E-state index contributed by atoms with van der Waals surface area (Å²) >= 11 is 3.44. The van der Waals surface area contributed by atoms with Crippen molar-refractivity contribution in [2.24, 2.45) is 0 Å². The molecule has 1 aromatic carbocycles. The van der Waals surface area contributed by atoms with Crippen molar-refractivity contribution in [2.75, 3.05) is 6.54 Å². The second-order valence-corrected chi connectivity index (χ2v) is 8.03. The molecule has 0 radical (unpaired) electrons. The van der Waals surface area contributed by atoms with Gasteiger partial charge in [-0.2, -0.15) is 0 Å². The number of hydrogen-bond donors (Lipinski definition) is 1. The van der Waals surface area contributed by atoms with Gasteiger partial charge in [-0.25, -0.2) is 0 Å². The van der Waals surface area contributed by atoms with Crippen LogP contribution in [0.3, 0.4) is 0 Å². The van der Waals surface area contributed by atoms with Gasteiger partial charge in [0.05, 0.1) is 16.0 Å². The van der Waals surface area contributed by atoms with Crippen LogP contribution >= 0.6 is 15.9 Å². The third-order valence-electron chi connectivity index (χ3n) is 3.99. The summed E-state index contributed by atoms with van der Waals surface area (Å²) in [5.41, 5.74) is 0. The lowest BCUT2D eigenvalue weighted by molar-refractivity contribution is 0.400. The van der Waals surface area contributed by atoms with Gasteiger partial charge in [-0.1, -0.05) is 48.5 Å². The van der Waals surface area contributed by atoms with Gasteiger partial charge in [-0.15, -0.1) is 0 Å². The maximum atomic E-state index is 12.9. The fourth-order valence-electron chi connectivity index (χ4n) is 2.95. The van der Waals surface area contributed by atoms with E-state index in [1.165, 1.54) is 25.7 Å². The molecule has 0 amide bonds. The zero-order chi connectivity index (χ0) is 14.4. The second kappa shape index (κ2) is 8.30. The summed E-state index contributed by atoms with van der Waals surface area (Å²) in [5, 5.41) is 3.81. The number of benzene rings is 1. The maximum Gasteiger partial charge on any atom is 0.0576 e. The minimum Gasteiger partial charge on any atom is -0.313 e. The summed E-state index contributed by atoms with van der Waals surface area (Å²) in [7, 11) is -0.912. The van der Waals surface area contributed by atoms with Gasteiger partial charge in [0.1, 0.15) is 0 Å². The highest BCUT2D eigenvalue weighted by Crippen LogP contribution is 2.26. The van der Waals surface area contributed by atoms with Crippen molar-refractivity contribution in [2.45, 2.75) is 61.6 Å². The quantitative estimate of drug-likeness (QED) is 0.872. The summed E-state index contributed by atoms with van der Waals surface area (Å²) in [6.07, 6.45) is 7.29. The van der Waals surface area contributed by atoms with Crippen molar-refractivity contribution in [3.63, 3.8) is 0 Å². The molecule has 20 heavy (non-hydrogen) atoms. The number of hydrogen-bond acceptors (Lipinski definition) is 2. The number of nitrogens with one attached hydrogen (secondary N) is 1. The van der Waals surface area contributed by atoms with Crippen molar-refractivity contribution < 1.29 is 4.21 Å². The molecule has 4 heteroatoms. The minimum absolute atomic E-state index is 0.247. The molecule has 1 aliphatic rings. The molecule has 3 atom stereocenters. The smallest absolute Gasteiger partial charge is 0.0576 e. The maximum absolute atomic E-state index is 12.9. The van der Waals surface area contributed by atoms with Crippen molar-refractivity contribution in [3.05, 3.63) is 28.7 Å². The van der Waals surface area contributed by atoms with Crippen LogP contribution in [0.5, 0.6) is 0 Å². The SMILES string of the molecule is CCNC1CCCCCCC1S(=O)c1ccc(Br)cc1. The Labute approximate surface area is 133 Å². The summed E-state index contributed by atoms with van der Waals surface area (Å²) in [4.78, 5) is 0.960. The van der Waals surface area contributed by atoms with Crippen LogP contribution in [0.1, 0.15) is 45.4 Å². The predicted molar refractivity (Wildman–Crippen MR) is 89.5 cm³/mol. The molecule has 0 spiro atoms. The van der Waals surface area contributed by atoms with Crippen LogP contribution in [0.2, 0.25) is 0 Å². The second-order valence-electron chi connectivity index (χ2n) is 5.45. The molecule has 3 unspecified atom stereocenters. The summed E-state index contributed by atoms with van der Waals surface area (Å²) in [5.74, 6) is 0. The van der Waals surface area contributed by atoms with Crippen molar-refractivity contribution in [1.29, 1.82) is 0 Å². The van der Waals surface area contributed by atoms with Crippen molar-refractivity contribution in [1.82, 2.24) is 5.32 Å². The molecule has 0 aliphatic heterocycles. The first kappa shape index (κ1) is 16.2. The van der Waals surface area contributed by atoms with E-state index in [9.17, 15) is 4.21 Å². The Morgan fingerprint density at radius 3 is 2.45 bits per heavy atom. The van der Waals surface area contributed by atoms with Gasteiger partial charge in [0.2, 0.25) is 0 Å². The van der Waals surface area contributed by atoms with E-state index in [1.807, 2.05) is 24.3 Å². The van der Waals surface area contributed by atoms with Crippen LogP contribution in [0.4, 0.5) is 0 Å². The predicted octanol–water partition coefficient (Wildman–Crippen LogP) is 4.26. The Balaban J connectivity index is 2.15. The lowest BCUT2D eigenvalue weighted by atomic mass is 9.96. The Bertz CT molecular complexity index is 435. The molecule has 2 rings (SSSR count). The first-order valence-corrected chi connectivity index (χ1v) is 9.62. The summed E-state index contributed by atoms with van der Waals surface area (Å²) in [6.45, 7) is 3.09. The average Bonchev–Trinajstić information content (AvgIpc) is 2.42. The van der Waals surface area contributed by atoms with E-state index in [0.29, 0.717) is 6.04 Å². The Kier molecular flexibility index (Phi) is 6.72. The van der Waals surface area contributed by atoms with E-state index in [1.54, 1.807) is 0 Å². The van der Waals surface area contributed by atoms with E-state index in [4.69, 9.17) is 0 Å². The van der Waals surface area contributed by atoms with Crippen LogP contribution in [0, 0.1) is 0 Å². The minimum atomic E-state index is -0.912. The molecule has 1 aromatic rings. The van der Waals surface area contributed by atoms with E-state index < -0.39 is 10.8 Å². The Morgan fingerprint density at radius 2 is 1.80 bits per heavy atom. The summed E-state index contributed by atoms with van der Waals surface area (Å²) in [6, 6.07) is 8.34. The average molecular weight is 358 g/mol. The zero-order valence-corrected chi connectivity index (χ0v) is 14.5. The monoisotopic (exact) mass is 357 g/mol. The first-order valence-electron chi connectivity index (χ1n) is 7.62. The molecule has 0 heterocycles. The molecule has 1 saturated carbocycles. The summed E-state index contributed by atoms with van der Waals surface area (Å²) < 4.78 is 14.0. The molecule has 1 fully saturated rings. The Hall–Kier alpha value is -0.190. The molecular formula is C16H24BrNOS. The molecule has 2 nitrogen and oxygen atoms in total. The van der Waals surface area contributed by atoms with Gasteiger partial charge in [-0.05, 0) is 43.7 Å². The van der Waals surface area contributed by atoms with E-state index >= 15 is 0 Å². The highest BCUT2D eigenvalue weighted by atomic mass is 79.9. The van der Waals surface area contributed by atoms with E-state index in [-0.39, 0.29) is 5.25 Å². The number of rotatable bonds is 4. The van der Waals surface area contributed by atoms with Gasteiger partial charge < -0.3 is 5.32 Å².